The summed E-state index contributed by atoms with van der Waals surface area (Å²) in [6.45, 7) is 4.59. The summed E-state index contributed by atoms with van der Waals surface area (Å²) in [5.41, 5.74) is 0. The Hall–Kier alpha value is -1.12. The van der Waals surface area contributed by atoms with Crippen molar-refractivity contribution < 1.29 is 0 Å². The van der Waals surface area contributed by atoms with E-state index in [1.54, 1.807) is 12.4 Å². The third kappa shape index (κ3) is 1.86. The molecule has 3 nitrogen and oxygen atoms in total. The SMILES string of the molecule is CC1CCC(C)C1Nc1ncccn1. The topological polar surface area (TPSA) is 37.8 Å². The number of rotatable bonds is 2. The van der Waals surface area contributed by atoms with Crippen LogP contribution in [0.3, 0.4) is 0 Å². The monoisotopic (exact) mass is 191 g/mol. The molecule has 0 aromatic carbocycles. The molecule has 1 aromatic rings. The van der Waals surface area contributed by atoms with Gasteiger partial charge in [-0.3, -0.25) is 0 Å². The number of anilines is 1. The first kappa shape index (κ1) is 9.44. The summed E-state index contributed by atoms with van der Waals surface area (Å²) in [5, 5.41) is 3.42. The molecule has 14 heavy (non-hydrogen) atoms. The fourth-order valence-electron chi connectivity index (χ4n) is 2.25. The smallest absolute Gasteiger partial charge is 0.222 e. The maximum Gasteiger partial charge on any atom is 0.222 e. The summed E-state index contributed by atoms with van der Waals surface area (Å²) < 4.78 is 0. The van der Waals surface area contributed by atoms with Crippen LogP contribution in [0.2, 0.25) is 0 Å². The first-order chi connectivity index (χ1) is 6.77. The average Bonchev–Trinajstić information content (AvgIpc) is 2.51. The van der Waals surface area contributed by atoms with Gasteiger partial charge < -0.3 is 5.32 Å². The zero-order valence-electron chi connectivity index (χ0n) is 8.77. The van der Waals surface area contributed by atoms with Gasteiger partial charge in [-0.05, 0) is 30.7 Å². The molecule has 1 heterocycles. The van der Waals surface area contributed by atoms with E-state index in [4.69, 9.17) is 0 Å². The van der Waals surface area contributed by atoms with E-state index in [0.29, 0.717) is 6.04 Å². The molecule has 3 heteroatoms. The van der Waals surface area contributed by atoms with Crippen molar-refractivity contribution in [1.82, 2.24) is 9.97 Å². The van der Waals surface area contributed by atoms with Gasteiger partial charge in [0.2, 0.25) is 5.95 Å². The van der Waals surface area contributed by atoms with Crippen LogP contribution in [-0.2, 0) is 0 Å². The molecule has 0 aliphatic heterocycles. The van der Waals surface area contributed by atoms with Crippen molar-refractivity contribution in [3.05, 3.63) is 18.5 Å². The van der Waals surface area contributed by atoms with Crippen molar-refractivity contribution in [2.75, 3.05) is 5.32 Å². The highest BCUT2D eigenvalue weighted by molar-refractivity contribution is 5.25. The number of hydrogen-bond acceptors (Lipinski definition) is 3. The highest BCUT2D eigenvalue weighted by Gasteiger charge is 2.30. The maximum absolute atomic E-state index is 4.19. The van der Waals surface area contributed by atoms with Gasteiger partial charge in [0.15, 0.2) is 0 Å². The van der Waals surface area contributed by atoms with Crippen molar-refractivity contribution in [3.8, 4) is 0 Å². The molecule has 1 N–H and O–H groups in total. The summed E-state index contributed by atoms with van der Waals surface area (Å²) in [6.07, 6.45) is 6.18. The minimum Gasteiger partial charge on any atom is -0.351 e. The zero-order chi connectivity index (χ0) is 9.97. The van der Waals surface area contributed by atoms with Crippen LogP contribution in [0.15, 0.2) is 18.5 Å². The Kier molecular flexibility index (Phi) is 2.66. The minimum absolute atomic E-state index is 0.539. The van der Waals surface area contributed by atoms with Crippen molar-refractivity contribution in [2.45, 2.75) is 32.7 Å². The summed E-state index contributed by atoms with van der Waals surface area (Å²) in [6, 6.07) is 2.38. The lowest BCUT2D eigenvalue weighted by Crippen LogP contribution is -2.28. The Labute approximate surface area is 85.0 Å². The van der Waals surface area contributed by atoms with Crippen LogP contribution < -0.4 is 5.32 Å². The number of nitrogens with one attached hydrogen (secondary N) is 1. The first-order valence-electron chi connectivity index (χ1n) is 5.31. The quantitative estimate of drug-likeness (QED) is 0.779. The minimum atomic E-state index is 0.539. The largest absolute Gasteiger partial charge is 0.351 e. The highest BCUT2D eigenvalue weighted by atomic mass is 15.1. The Balaban J connectivity index is 2.04. The van der Waals surface area contributed by atoms with Gasteiger partial charge in [0.1, 0.15) is 0 Å². The molecule has 2 rings (SSSR count). The zero-order valence-corrected chi connectivity index (χ0v) is 8.77. The molecular formula is C11H17N3. The van der Waals surface area contributed by atoms with Gasteiger partial charge >= 0.3 is 0 Å². The molecule has 2 unspecified atom stereocenters. The fourth-order valence-corrected chi connectivity index (χ4v) is 2.25. The van der Waals surface area contributed by atoms with Crippen molar-refractivity contribution in [1.29, 1.82) is 0 Å². The van der Waals surface area contributed by atoms with Gasteiger partial charge in [0, 0.05) is 18.4 Å². The standard InChI is InChI=1S/C11H17N3/c1-8-4-5-9(2)10(8)14-11-12-6-3-7-13-11/h3,6-10H,4-5H2,1-2H3,(H,12,13,14). The molecule has 0 saturated heterocycles. The average molecular weight is 191 g/mol. The maximum atomic E-state index is 4.19. The van der Waals surface area contributed by atoms with Crippen molar-refractivity contribution in [3.63, 3.8) is 0 Å². The number of hydrogen-bond donors (Lipinski definition) is 1. The van der Waals surface area contributed by atoms with Crippen molar-refractivity contribution >= 4 is 5.95 Å². The second-order valence-corrected chi connectivity index (χ2v) is 4.27. The van der Waals surface area contributed by atoms with Crippen LogP contribution in [0.25, 0.3) is 0 Å². The number of aromatic nitrogens is 2. The Morgan fingerprint density at radius 3 is 2.29 bits per heavy atom. The Bertz CT molecular complexity index is 276. The van der Waals surface area contributed by atoms with Gasteiger partial charge in [0.05, 0.1) is 0 Å². The molecule has 76 valence electrons. The molecular weight excluding hydrogens is 174 g/mol. The van der Waals surface area contributed by atoms with Crippen LogP contribution in [0.5, 0.6) is 0 Å². The van der Waals surface area contributed by atoms with E-state index in [1.807, 2.05) is 6.07 Å². The highest BCUT2D eigenvalue weighted by Crippen LogP contribution is 2.32. The molecule has 0 bridgehead atoms. The van der Waals surface area contributed by atoms with Gasteiger partial charge in [-0.15, -0.1) is 0 Å². The van der Waals surface area contributed by atoms with E-state index in [-0.39, 0.29) is 0 Å². The molecule has 1 aliphatic rings. The lowest BCUT2D eigenvalue weighted by molar-refractivity contribution is 0.484. The molecule has 1 fully saturated rings. The predicted molar refractivity (Wildman–Crippen MR) is 57.0 cm³/mol. The predicted octanol–water partition coefficient (Wildman–Crippen LogP) is 2.32. The molecule has 0 amide bonds. The van der Waals surface area contributed by atoms with E-state index < -0.39 is 0 Å². The fraction of sp³-hybridized carbons (Fsp3) is 0.636. The molecule has 0 radical (unpaired) electrons. The molecule has 1 aromatic heterocycles. The van der Waals surface area contributed by atoms with Crippen LogP contribution in [-0.4, -0.2) is 16.0 Å². The summed E-state index contributed by atoms with van der Waals surface area (Å²) >= 11 is 0. The molecule has 1 aliphatic carbocycles. The van der Waals surface area contributed by atoms with Crippen LogP contribution in [0, 0.1) is 11.8 Å². The van der Waals surface area contributed by atoms with Crippen LogP contribution in [0.1, 0.15) is 26.7 Å². The second-order valence-electron chi connectivity index (χ2n) is 4.27. The van der Waals surface area contributed by atoms with Gasteiger partial charge in [-0.2, -0.15) is 0 Å². The van der Waals surface area contributed by atoms with Gasteiger partial charge in [0.25, 0.3) is 0 Å². The first-order valence-corrected chi connectivity index (χ1v) is 5.31. The van der Waals surface area contributed by atoms with Crippen LogP contribution in [0.4, 0.5) is 5.95 Å². The van der Waals surface area contributed by atoms with E-state index in [1.165, 1.54) is 12.8 Å². The van der Waals surface area contributed by atoms with E-state index in [9.17, 15) is 0 Å². The number of nitrogens with zero attached hydrogens (tertiary/aromatic N) is 2. The molecule has 2 atom stereocenters. The van der Waals surface area contributed by atoms with E-state index in [2.05, 4.69) is 29.1 Å². The van der Waals surface area contributed by atoms with Crippen LogP contribution >= 0.6 is 0 Å². The van der Waals surface area contributed by atoms with E-state index >= 15 is 0 Å². The Morgan fingerprint density at radius 1 is 1.14 bits per heavy atom. The summed E-state index contributed by atoms with van der Waals surface area (Å²) in [4.78, 5) is 8.38. The lowest BCUT2D eigenvalue weighted by Gasteiger charge is -2.21. The van der Waals surface area contributed by atoms with Gasteiger partial charge in [-0.1, -0.05) is 13.8 Å². The normalized spacial score (nSPS) is 31.7. The summed E-state index contributed by atoms with van der Waals surface area (Å²) in [7, 11) is 0. The summed E-state index contributed by atoms with van der Waals surface area (Å²) in [5.74, 6) is 2.22. The Morgan fingerprint density at radius 2 is 1.71 bits per heavy atom. The third-order valence-corrected chi connectivity index (χ3v) is 3.16. The van der Waals surface area contributed by atoms with E-state index in [0.717, 1.165) is 17.8 Å². The third-order valence-electron chi connectivity index (χ3n) is 3.16. The second kappa shape index (κ2) is 3.95. The van der Waals surface area contributed by atoms with Crippen molar-refractivity contribution in [2.24, 2.45) is 11.8 Å². The lowest BCUT2D eigenvalue weighted by atomic mass is 10.0. The van der Waals surface area contributed by atoms with Gasteiger partial charge in [-0.25, -0.2) is 9.97 Å². The molecule has 1 saturated carbocycles. The molecule has 0 spiro atoms.